The summed E-state index contributed by atoms with van der Waals surface area (Å²) in [6.45, 7) is 0. The number of aromatic nitrogens is 5. The molecule has 5 rings (SSSR count). The van der Waals surface area contributed by atoms with Gasteiger partial charge in [-0.05, 0) is 31.0 Å². The van der Waals surface area contributed by atoms with Crippen molar-refractivity contribution in [1.82, 2.24) is 24.1 Å². The van der Waals surface area contributed by atoms with E-state index in [1.807, 2.05) is 35.0 Å². The first-order chi connectivity index (χ1) is 12.7. The third-order valence-electron chi connectivity index (χ3n) is 5.09. The van der Waals surface area contributed by atoms with E-state index in [1.54, 1.807) is 16.8 Å². The predicted molar refractivity (Wildman–Crippen MR) is 100 cm³/mol. The summed E-state index contributed by atoms with van der Waals surface area (Å²) in [6.07, 6.45) is 7.94. The second kappa shape index (κ2) is 5.92. The Morgan fingerprint density at radius 1 is 1.12 bits per heavy atom. The van der Waals surface area contributed by atoms with Crippen LogP contribution in [0.4, 0.5) is 0 Å². The number of fused-ring (bicyclic) bond motifs is 3. The Hall–Kier alpha value is -2.73. The summed E-state index contributed by atoms with van der Waals surface area (Å²) in [6, 6.07) is 9.63. The summed E-state index contributed by atoms with van der Waals surface area (Å²) in [7, 11) is 0. The first kappa shape index (κ1) is 15.5. The molecule has 1 fully saturated rings. The summed E-state index contributed by atoms with van der Waals surface area (Å²) in [5.74, 6) is 0.945. The Morgan fingerprint density at radius 3 is 2.73 bits per heavy atom. The summed E-state index contributed by atoms with van der Waals surface area (Å²) >= 11 is 6.26. The van der Waals surface area contributed by atoms with Gasteiger partial charge in [-0.25, -0.2) is 4.98 Å². The minimum atomic E-state index is -0.0152. The largest absolute Gasteiger partial charge is 0.312 e. The maximum atomic E-state index is 12.9. The molecule has 26 heavy (non-hydrogen) atoms. The molecule has 0 aliphatic heterocycles. The van der Waals surface area contributed by atoms with Crippen molar-refractivity contribution in [2.24, 2.45) is 0 Å². The van der Waals surface area contributed by atoms with E-state index in [1.165, 1.54) is 12.8 Å². The van der Waals surface area contributed by atoms with E-state index < -0.39 is 0 Å². The van der Waals surface area contributed by atoms with Gasteiger partial charge in [0.1, 0.15) is 0 Å². The van der Waals surface area contributed by atoms with Crippen LogP contribution in [-0.2, 0) is 0 Å². The van der Waals surface area contributed by atoms with Gasteiger partial charge in [-0.1, -0.05) is 36.6 Å². The number of halogens is 1. The molecule has 1 aliphatic carbocycles. The van der Waals surface area contributed by atoms with Crippen LogP contribution < -0.4 is 5.56 Å². The topological polar surface area (TPSA) is 65.1 Å². The minimum absolute atomic E-state index is 0.0152. The lowest BCUT2D eigenvalue weighted by molar-refractivity contribution is 0.505. The van der Waals surface area contributed by atoms with Gasteiger partial charge in [0.05, 0.1) is 15.9 Å². The Balaban J connectivity index is 1.72. The zero-order chi connectivity index (χ0) is 17.7. The molecule has 130 valence electrons. The van der Waals surface area contributed by atoms with Crippen LogP contribution in [0.15, 0.2) is 47.5 Å². The van der Waals surface area contributed by atoms with Gasteiger partial charge in [0, 0.05) is 24.0 Å². The van der Waals surface area contributed by atoms with E-state index in [4.69, 9.17) is 11.6 Å². The standard InChI is InChI=1S/C19H16ClN5O/c20-15-8-4-3-7-13(15)17-22-19-21-11-14-16(25(19)23-17)9-10-24(18(14)26)12-5-1-2-6-12/h3-4,7-12H,1-2,5-6H2. The van der Waals surface area contributed by atoms with Crippen molar-refractivity contribution in [1.29, 1.82) is 0 Å². The maximum Gasteiger partial charge on any atom is 0.261 e. The van der Waals surface area contributed by atoms with Crippen LogP contribution in [0, 0.1) is 0 Å². The van der Waals surface area contributed by atoms with Crippen molar-refractivity contribution in [3.63, 3.8) is 0 Å². The van der Waals surface area contributed by atoms with Crippen LogP contribution in [0.2, 0.25) is 5.02 Å². The molecule has 0 unspecified atom stereocenters. The highest BCUT2D eigenvalue weighted by molar-refractivity contribution is 6.33. The lowest BCUT2D eigenvalue weighted by Crippen LogP contribution is -2.23. The number of rotatable bonds is 2. The van der Waals surface area contributed by atoms with Crippen molar-refractivity contribution in [3.8, 4) is 11.4 Å². The molecular formula is C19H16ClN5O. The first-order valence-electron chi connectivity index (χ1n) is 8.74. The fourth-order valence-electron chi connectivity index (χ4n) is 3.76. The Kier molecular flexibility index (Phi) is 3.53. The maximum absolute atomic E-state index is 12.9. The van der Waals surface area contributed by atoms with Gasteiger partial charge in [-0.15, -0.1) is 5.10 Å². The molecule has 0 amide bonds. The predicted octanol–water partition coefficient (Wildman–Crippen LogP) is 3.87. The number of hydrogen-bond donors (Lipinski definition) is 0. The van der Waals surface area contributed by atoms with Crippen LogP contribution in [0.3, 0.4) is 0 Å². The van der Waals surface area contributed by atoms with E-state index in [-0.39, 0.29) is 11.6 Å². The van der Waals surface area contributed by atoms with Gasteiger partial charge in [0.2, 0.25) is 0 Å². The van der Waals surface area contributed by atoms with Gasteiger partial charge in [0.15, 0.2) is 5.82 Å². The minimum Gasteiger partial charge on any atom is -0.312 e. The molecule has 3 heterocycles. The van der Waals surface area contributed by atoms with Crippen LogP contribution in [0.1, 0.15) is 31.7 Å². The summed E-state index contributed by atoms with van der Waals surface area (Å²) < 4.78 is 3.46. The lowest BCUT2D eigenvalue weighted by atomic mass is 10.2. The molecule has 1 aliphatic rings. The van der Waals surface area contributed by atoms with E-state index >= 15 is 0 Å². The molecule has 0 radical (unpaired) electrons. The smallest absolute Gasteiger partial charge is 0.261 e. The number of nitrogens with zero attached hydrogens (tertiary/aromatic N) is 5. The highest BCUT2D eigenvalue weighted by Gasteiger charge is 2.20. The van der Waals surface area contributed by atoms with Crippen LogP contribution >= 0.6 is 11.6 Å². The van der Waals surface area contributed by atoms with E-state index in [9.17, 15) is 4.79 Å². The van der Waals surface area contributed by atoms with Crippen molar-refractivity contribution in [3.05, 3.63) is 58.1 Å². The summed E-state index contributed by atoms with van der Waals surface area (Å²) in [4.78, 5) is 21.7. The van der Waals surface area contributed by atoms with Crippen molar-refractivity contribution in [2.45, 2.75) is 31.7 Å². The SMILES string of the molecule is O=c1c2cnc3nc(-c4ccccc4Cl)nn3c2ccn1C1CCCC1. The number of benzene rings is 1. The van der Waals surface area contributed by atoms with Gasteiger partial charge in [0.25, 0.3) is 11.3 Å². The van der Waals surface area contributed by atoms with Gasteiger partial charge in [-0.3, -0.25) is 4.79 Å². The van der Waals surface area contributed by atoms with Gasteiger partial charge >= 0.3 is 0 Å². The normalized spacial score (nSPS) is 15.3. The molecule has 0 bridgehead atoms. The van der Waals surface area contributed by atoms with Crippen molar-refractivity contribution >= 4 is 28.3 Å². The molecular weight excluding hydrogens is 350 g/mol. The Morgan fingerprint density at radius 2 is 1.92 bits per heavy atom. The monoisotopic (exact) mass is 365 g/mol. The van der Waals surface area contributed by atoms with Crippen LogP contribution in [0.25, 0.3) is 28.1 Å². The molecule has 0 saturated heterocycles. The molecule has 0 spiro atoms. The van der Waals surface area contributed by atoms with Crippen molar-refractivity contribution < 1.29 is 0 Å². The average Bonchev–Trinajstić information content (AvgIpc) is 3.32. The van der Waals surface area contributed by atoms with Crippen molar-refractivity contribution in [2.75, 3.05) is 0 Å². The summed E-state index contributed by atoms with van der Waals surface area (Å²) in [5.41, 5.74) is 1.44. The molecule has 3 aromatic heterocycles. The molecule has 4 aromatic rings. The average molecular weight is 366 g/mol. The molecule has 1 aromatic carbocycles. The Bertz CT molecular complexity index is 1190. The Labute approximate surface area is 154 Å². The van der Waals surface area contributed by atoms with E-state index in [2.05, 4.69) is 15.1 Å². The molecule has 7 heteroatoms. The molecule has 0 atom stereocenters. The lowest BCUT2D eigenvalue weighted by Gasteiger charge is -2.13. The highest BCUT2D eigenvalue weighted by atomic mass is 35.5. The van der Waals surface area contributed by atoms with E-state index in [0.717, 1.165) is 18.4 Å². The second-order valence-electron chi connectivity index (χ2n) is 6.65. The number of pyridine rings is 1. The fourth-order valence-corrected chi connectivity index (χ4v) is 3.98. The zero-order valence-corrected chi connectivity index (χ0v) is 14.7. The highest BCUT2D eigenvalue weighted by Crippen LogP contribution is 2.29. The molecule has 6 nitrogen and oxygen atoms in total. The third kappa shape index (κ3) is 2.33. The fraction of sp³-hybridized carbons (Fsp3) is 0.263. The van der Waals surface area contributed by atoms with E-state index in [0.29, 0.717) is 27.5 Å². The first-order valence-corrected chi connectivity index (χ1v) is 9.12. The van der Waals surface area contributed by atoms with Crippen LogP contribution in [-0.4, -0.2) is 24.1 Å². The van der Waals surface area contributed by atoms with Crippen LogP contribution in [0.5, 0.6) is 0 Å². The summed E-state index contributed by atoms with van der Waals surface area (Å²) in [5, 5.41) is 5.69. The molecule has 0 N–H and O–H groups in total. The quantitative estimate of drug-likeness (QED) is 0.540. The van der Waals surface area contributed by atoms with Gasteiger partial charge in [-0.2, -0.15) is 9.50 Å². The third-order valence-corrected chi connectivity index (χ3v) is 5.42. The molecule has 1 saturated carbocycles. The van der Waals surface area contributed by atoms with Gasteiger partial charge < -0.3 is 4.57 Å². The number of hydrogen-bond acceptors (Lipinski definition) is 4. The second-order valence-corrected chi connectivity index (χ2v) is 7.06. The zero-order valence-electron chi connectivity index (χ0n) is 14.0.